The maximum absolute atomic E-state index is 13.0. The molecule has 0 aromatic heterocycles. The summed E-state index contributed by atoms with van der Waals surface area (Å²) in [5.41, 5.74) is 0. The van der Waals surface area contributed by atoms with Crippen molar-refractivity contribution in [3.8, 4) is 0 Å². The number of likely N-dealkylation sites (tertiary alicyclic amines) is 1. The first-order valence-corrected chi connectivity index (χ1v) is 25.0. The first-order valence-electron chi connectivity index (χ1n) is 25.0. The molecule has 1 aliphatic heterocycles. The van der Waals surface area contributed by atoms with Crippen LogP contribution in [0.1, 0.15) is 258 Å². The summed E-state index contributed by atoms with van der Waals surface area (Å²) < 4.78 is 11.7. The lowest BCUT2D eigenvalue weighted by Crippen LogP contribution is -2.23. The molecular weight excluding hydrogens is 679 g/mol. The summed E-state index contributed by atoms with van der Waals surface area (Å²) in [5.74, 6) is 1.30. The van der Waals surface area contributed by atoms with Gasteiger partial charge in [-0.25, -0.2) is 0 Å². The Kier molecular flexibility index (Phi) is 37.5. The van der Waals surface area contributed by atoms with E-state index in [9.17, 15) is 9.59 Å². The molecule has 5 heteroatoms. The molecule has 55 heavy (non-hydrogen) atoms. The van der Waals surface area contributed by atoms with Gasteiger partial charge in [-0.1, -0.05) is 201 Å². The summed E-state index contributed by atoms with van der Waals surface area (Å²) in [6.45, 7) is 10.1. The molecule has 1 heterocycles. The van der Waals surface area contributed by atoms with Crippen LogP contribution in [0.25, 0.3) is 0 Å². The molecule has 0 bridgehead atoms. The zero-order chi connectivity index (χ0) is 39.9. The van der Waals surface area contributed by atoms with Gasteiger partial charge >= 0.3 is 11.9 Å². The second kappa shape index (κ2) is 39.7. The Morgan fingerprint density at radius 2 is 0.909 bits per heavy atom. The van der Waals surface area contributed by atoms with E-state index in [1.165, 1.54) is 180 Å². The summed E-state index contributed by atoms with van der Waals surface area (Å²) >= 11 is 0. The molecule has 5 nitrogen and oxygen atoms in total. The van der Waals surface area contributed by atoms with Gasteiger partial charge in [0.25, 0.3) is 0 Å². The molecule has 0 saturated carbocycles. The van der Waals surface area contributed by atoms with Gasteiger partial charge in [-0.3, -0.25) is 9.59 Å². The molecule has 3 atom stereocenters. The predicted molar refractivity (Wildman–Crippen MR) is 238 cm³/mol. The third kappa shape index (κ3) is 33.6. The molecule has 3 unspecified atom stereocenters. The topological polar surface area (TPSA) is 55.8 Å². The largest absolute Gasteiger partial charge is 0.466 e. The third-order valence-electron chi connectivity index (χ3n) is 12.7. The molecule has 0 aromatic carbocycles. The van der Waals surface area contributed by atoms with Gasteiger partial charge < -0.3 is 14.4 Å². The van der Waals surface area contributed by atoms with Crippen LogP contribution in [0.5, 0.6) is 0 Å². The molecule has 0 N–H and O–H groups in total. The van der Waals surface area contributed by atoms with E-state index in [-0.39, 0.29) is 17.9 Å². The smallest absolute Gasteiger partial charge is 0.308 e. The van der Waals surface area contributed by atoms with E-state index in [0.29, 0.717) is 25.6 Å². The Balaban J connectivity index is 2.35. The van der Waals surface area contributed by atoms with Gasteiger partial charge in [-0.2, -0.15) is 0 Å². The summed E-state index contributed by atoms with van der Waals surface area (Å²) in [4.78, 5) is 28.0. The number of unbranched alkanes of at least 4 members (excludes halogenated alkanes) is 23. The highest BCUT2D eigenvalue weighted by Gasteiger charge is 2.24. The molecule has 0 aromatic rings. The van der Waals surface area contributed by atoms with E-state index in [1.807, 2.05) is 0 Å². The fraction of sp³-hybridized carbons (Fsp3) is 0.960. The monoisotopic (exact) mass is 776 g/mol. The second-order valence-electron chi connectivity index (χ2n) is 18.0. The van der Waals surface area contributed by atoms with E-state index in [1.54, 1.807) is 0 Å². The first kappa shape index (κ1) is 51.9. The van der Waals surface area contributed by atoms with Gasteiger partial charge in [0.15, 0.2) is 0 Å². The Morgan fingerprint density at radius 3 is 1.40 bits per heavy atom. The van der Waals surface area contributed by atoms with Crippen molar-refractivity contribution in [1.29, 1.82) is 0 Å². The first-order chi connectivity index (χ1) is 27.0. The number of nitrogens with zero attached hydrogens (tertiary/aromatic N) is 1. The van der Waals surface area contributed by atoms with Crippen LogP contribution in [0.4, 0.5) is 0 Å². The summed E-state index contributed by atoms with van der Waals surface area (Å²) in [6, 6.07) is 0. The van der Waals surface area contributed by atoms with Crippen LogP contribution in [0.15, 0.2) is 0 Å². The standard InChI is InChI=1S/C50H97NO4/c1-5-8-11-14-17-19-22-25-28-37-47(45-55-50(53)48-39-33-42-51(4)43-41-48)38-29-30-40-49(52)54-44-32-31-36-46(34-26-23-20-16-13-10-7-3)35-27-24-21-18-15-12-9-6-2/h46-48H,5-45H2,1-4H3. The van der Waals surface area contributed by atoms with Crippen molar-refractivity contribution in [3.05, 3.63) is 0 Å². The Bertz CT molecular complexity index is 833. The van der Waals surface area contributed by atoms with E-state index >= 15 is 0 Å². The molecule has 326 valence electrons. The zero-order valence-corrected chi connectivity index (χ0v) is 37.8. The highest BCUT2D eigenvalue weighted by molar-refractivity contribution is 5.72. The number of ether oxygens (including phenoxy) is 2. The van der Waals surface area contributed by atoms with Gasteiger partial charge in [0, 0.05) is 6.42 Å². The van der Waals surface area contributed by atoms with Crippen LogP contribution in [0.3, 0.4) is 0 Å². The number of hydrogen-bond donors (Lipinski definition) is 0. The summed E-state index contributed by atoms with van der Waals surface area (Å²) in [6.07, 6.45) is 46.7. The van der Waals surface area contributed by atoms with Crippen LogP contribution in [-0.2, 0) is 19.1 Å². The van der Waals surface area contributed by atoms with Gasteiger partial charge in [0.05, 0.1) is 19.1 Å². The third-order valence-corrected chi connectivity index (χ3v) is 12.7. The molecule has 1 aliphatic rings. The van der Waals surface area contributed by atoms with Crippen LogP contribution in [0.2, 0.25) is 0 Å². The lowest BCUT2D eigenvalue weighted by molar-refractivity contribution is -0.150. The molecule has 1 saturated heterocycles. The molecule has 0 amide bonds. The highest BCUT2D eigenvalue weighted by atomic mass is 16.5. The fourth-order valence-electron chi connectivity index (χ4n) is 8.73. The zero-order valence-electron chi connectivity index (χ0n) is 37.8. The number of hydrogen-bond acceptors (Lipinski definition) is 5. The highest BCUT2D eigenvalue weighted by Crippen LogP contribution is 2.25. The lowest BCUT2D eigenvalue weighted by Gasteiger charge is -2.20. The fourth-order valence-corrected chi connectivity index (χ4v) is 8.73. The van der Waals surface area contributed by atoms with Crippen molar-refractivity contribution in [2.24, 2.45) is 17.8 Å². The predicted octanol–water partition coefficient (Wildman–Crippen LogP) is 15.4. The van der Waals surface area contributed by atoms with Gasteiger partial charge in [0.2, 0.25) is 0 Å². The Hall–Kier alpha value is -1.10. The SMILES string of the molecule is CCCCCCCCCCCC(CCCCC(=O)OCCCCC(CCCCCCCCC)CCCCCCCCCC)COC(=O)C1CCCN(C)CC1. The molecule has 0 radical (unpaired) electrons. The Labute approximate surface area is 344 Å². The molecule has 0 aliphatic carbocycles. The van der Waals surface area contributed by atoms with E-state index in [4.69, 9.17) is 9.47 Å². The molecule has 1 rings (SSSR count). The number of esters is 2. The van der Waals surface area contributed by atoms with Crippen molar-refractivity contribution in [2.45, 2.75) is 258 Å². The van der Waals surface area contributed by atoms with Crippen molar-refractivity contribution in [2.75, 3.05) is 33.4 Å². The minimum atomic E-state index is -0.0289. The average molecular weight is 776 g/mol. The molecule has 1 fully saturated rings. The number of rotatable bonds is 40. The lowest BCUT2D eigenvalue weighted by atomic mass is 9.90. The van der Waals surface area contributed by atoms with Crippen molar-refractivity contribution in [1.82, 2.24) is 4.90 Å². The second-order valence-corrected chi connectivity index (χ2v) is 18.0. The van der Waals surface area contributed by atoms with E-state index in [0.717, 1.165) is 70.4 Å². The van der Waals surface area contributed by atoms with Crippen molar-refractivity contribution >= 4 is 11.9 Å². The average Bonchev–Trinajstić information content (AvgIpc) is 3.41. The summed E-state index contributed by atoms with van der Waals surface area (Å²) in [5, 5.41) is 0. The Morgan fingerprint density at radius 1 is 0.491 bits per heavy atom. The summed E-state index contributed by atoms with van der Waals surface area (Å²) in [7, 11) is 2.15. The van der Waals surface area contributed by atoms with Crippen LogP contribution in [0, 0.1) is 17.8 Å². The molecular formula is C50H97NO4. The van der Waals surface area contributed by atoms with E-state index in [2.05, 4.69) is 32.7 Å². The van der Waals surface area contributed by atoms with E-state index < -0.39 is 0 Å². The van der Waals surface area contributed by atoms with Gasteiger partial charge in [-0.15, -0.1) is 0 Å². The van der Waals surface area contributed by atoms with Crippen molar-refractivity contribution < 1.29 is 19.1 Å². The quantitative estimate of drug-likeness (QED) is 0.0458. The number of carbonyl (C=O) groups is 2. The minimum absolute atomic E-state index is 0.0215. The van der Waals surface area contributed by atoms with Gasteiger partial charge in [0.1, 0.15) is 0 Å². The minimum Gasteiger partial charge on any atom is -0.466 e. The maximum atomic E-state index is 13.0. The van der Waals surface area contributed by atoms with Crippen LogP contribution in [-0.4, -0.2) is 50.2 Å². The van der Waals surface area contributed by atoms with Crippen LogP contribution >= 0.6 is 0 Å². The number of carbonyl (C=O) groups excluding carboxylic acids is 2. The van der Waals surface area contributed by atoms with Crippen LogP contribution < -0.4 is 0 Å². The normalized spacial score (nSPS) is 16.2. The van der Waals surface area contributed by atoms with Gasteiger partial charge in [-0.05, 0) is 83.3 Å². The van der Waals surface area contributed by atoms with Crippen molar-refractivity contribution in [3.63, 3.8) is 0 Å². The maximum Gasteiger partial charge on any atom is 0.308 e. The molecule has 0 spiro atoms.